The van der Waals surface area contributed by atoms with Gasteiger partial charge in [0, 0.05) is 44.0 Å². The van der Waals surface area contributed by atoms with Crippen LogP contribution in [0.1, 0.15) is 0 Å². The van der Waals surface area contributed by atoms with Crippen LogP contribution in [0.4, 0.5) is 17.1 Å². The van der Waals surface area contributed by atoms with Crippen LogP contribution in [0.25, 0.3) is 75.4 Å². The van der Waals surface area contributed by atoms with E-state index in [9.17, 15) is 0 Å². The van der Waals surface area contributed by atoms with E-state index in [2.05, 4.69) is 157 Å². The van der Waals surface area contributed by atoms with Crippen molar-refractivity contribution in [3.63, 3.8) is 0 Å². The number of furan rings is 1. The van der Waals surface area contributed by atoms with Crippen LogP contribution in [0.15, 0.2) is 174 Å². The lowest BCUT2D eigenvalue weighted by Gasteiger charge is -2.27. The maximum atomic E-state index is 6.37. The number of nitrogens with zero attached hydrogens (tertiary/aromatic N) is 2. The predicted octanol–water partition coefficient (Wildman–Crippen LogP) is 13.3. The van der Waals surface area contributed by atoms with Crippen molar-refractivity contribution >= 4 is 82.1 Å². The van der Waals surface area contributed by atoms with Crippen molar-refractivity contribution in [2.24, 2.45) is 0 Å². The Morgan fingerprint density at radius 1 is 0.449 bits per heavy atom. The molecular formula is C45H28N2OS. The molecule has 0 N–H and O–H groups in total. The zero-order valence-electron chi connectivity index (χ0n) is 26.4. The van der Waals surface area contributed by atoms with Gasteiger partial charge in [-0.2, -0.15) is 0 Å². The van der Waals surface area contributed by atoms with Crippen molar-refractivity contribution in [2.45, 2.75) is 0 Å². The van der Waals surface area contributed by atoms with E-state index in [0.717, 1.165) is 66.2 Å². The normalized spacial score (nSPS) is 11.7. The van der Waals surface area contributed by atoms with E-state index in [1.807, 2.05) is 18.2 Å². The number of fused-ring (bicyclic) bond motifs is 8. The molecule has 10 aromatic rings. The summed E-state index contributed by atoms with van der Waals surface area (Å²) in [5.74, 6) is 0. The molecule has 2 heterocycles. The summed E-state index contributed by atoms with van der Waals surface area (Å²) in [7, 11) is 0. The largest absolute Gasteiger partial charge is 0.455 e. The Balaban J connectivity index is 1.11. The van der Waals surface area contributed by atoms with E-state index in [1.165, 1.54) is 26.2 Å². The molecule has 0 atom stereocenters. The minimum Gasteiger partial charge on any atom is -0.455 e. The Morgan fingerprint density at radius 3 is 1.96 bits per heavy atom. The van der Waals surface area contributed by atoms with Crippen LogP contribution in [-0.4, -0.2) is 4.98 Å². The Bertz CT molecular complexity index is 2820. The van der Waals surface area contributed by atoms with Crippen LogP contribution in [-0.2, 0) is 0 Å². The van der Waals surface area contributed by atoms with Gasteiger partial charge in [-0.3, -0.25) is 0 Å². The number of hydrogen-bond acceptors (Lipinski definition) is 4. The second kappa shape index (κ2) is 11.2. The quantitative estimate of drug-likeness (QED) is 0.175. The fraction of sp³-hybridized carbons (Fsp3) is 0. The van der Waals surface area contributed by atoms with Gasteiger partial charge in [-0.25, -0.2) is 4.98 Å². The van der Waals surface area contributed by atoms with Crippen LogP contribution in [0.3, 0.4) is 0 Å². The van der Waals surface area contributed by atoms with Gasteiger partial charge in [0.15, 0.2) is 0 Å². The Hall–Kier alpha value is -6.23. The second-order valence-corrected chi connectivity index (χ2v) is 13.3. The monoisotopic (exact) mass is 644 g/mol. The molecule has 230 valence electrons. The van der Waals surface area contributed by atoms with Crippen molar-refractivity contribution in [1.29, 1.82) is 0 Å². The highest BCUT2D eigenvalue weighted by atomic mass is 32.1. The molecule has 0 radical (unpaired) electrons. The lowest BCUT2D eigenvalue weighted by atomic mass is 9.99. The van der Waals surface area contributed by atoms with Gasteiger partial charge in [0.2, 0.25) is 0 Å². The molecule has 49 heavy (non-hydrogen) atoms. The van der Waals surface area contributed by atoms with E-state index < -0.39 is 0 Å². The van der Waals surface area contributed by atoms with Gasteiger partial charge in [-0.05, 0) is 58.8 Å². The van der Waals surface area contributed by atoms with Crippen molar-refractivity contribution in [1.82, 2.24) is 4.98 Å². The molecule has 3 nitrogen and oxygen atoms in total. The summed E-state index contributed by atoms with van der Waals surface area (Å²) < 4.78 is 7.60. The molecule has 0 unspecified atom stereocenters. The van der Waals surface area contributed by atoms with Crippen LogP contribution >= 0.6 is 11.3 Å². The van der Waals surface area contributed by atoms with E-state index in [4.69, 9.17) is 9.40 Å². The first-order valence-electron chi connectivity index (χ1n) is 16.5. The number of aromatic nitrogens is 1. The van der Waals surface area contributed by atoms with E-state index in [-0.39, 0.29) is 0 Å². The molecule has 0 saturated heterocycles. The smallest absolute Gasteiger partial charge is 0.143 e. The second-order valence-electron chi connectivity index (χ2n) is 12.3. The maximum absolute atomic E-state index is 6.37. The molecule has 0 saturated carbocycles. The summed E-state index contributed by atoms with van der Waals surface area (Å²) in [4.78, 5) is 7.36. The molecule has 0 bridgehead atoms. The molecule has 4 heteroatoms. The molecule has 0 aliphatic rings. The lowest BCUT2D eigenvalue weighted by molar-refractivity contribution is 0.670. The average Bonchev–Trinajstić information content (AvgIpc) is 3.79. The van der Waals surface area contributed by atoms with E-state index in [1.54, 1.807) is 11.3 Å². The summed E-state index contributed by atoms with van der Waals surface area (Å²) in [6, 6.07) is 60.2. The Morgan fingerprint density at radius 2 is 1.10 bits per heavy atom. The maximum Gasteiger partial charge on any atom is 0.143 e. The van der Waals surface area contributed by atoms with Gasteiger partial charge in [0.25, 0.3) is 0 Å². The zero-order valence-corrected chi connectivity index (χ0v) is 27.2. The SMILES string of the molecule is c1ccc(-c2nc3ccc4c5cccc(N(c6ccccc6)c6ccc(-c7cccc8c7oc7ccccc78)cc6)c5ccc4c3s2)cc1. The van der Waals surface area contributed by atoms with Gasteiger partial charge in [0.05, 0.1) is 15.9 Å². The van der Waals surface area contributed by atoms with Crippen molar-refractivity contribution in [3.8, 4) is 21.7 Å². The lowest BCUT2D eigenvalue weighted by Crippen LogP contribution is -2.10. The third-order valence-corrected chi connectivity index (χ3v) is 10.7. The number of para-hydroxylation sites is 3. The third-order valence-electron chi connectivity index (χ3n) is 9.50. The summed E-state index contributed by atoms with van der Waals surface area (Å²) in [5.41, 5.74) is 9.55. The fourth-order valence-electron chi connectivity index (χ4n) is 7.21. The highest BCUT2D eigenvalue weighted by Crippen LogP contribution is 2.44. The van der Waals surface area contributed by atoms with Gasteiger partial charge >= 0.3 is 0 Å². The summed E-state index contributed by atoms with van der Waals surface area (Å²) >= 11 is 1.77. The number of anilines is 3. The van der Waals surface area contributed by atoms with E-state index in [0.29, 0.717) is 0 Å². The first-order chi connectivity index (χ1) is 24.3. The van der Waals surface area contributed by atoms with Crippen LogP contribution in [0.2, 0.25) is 0 Å². The average molecular weight is 645 g/mol. The molecule has 0 aliphatic carbocycles. The highest BCUT2D eigenvalue weighted by molar-refractivity contribution is 7.22. The topological polar surface area (TPSA) is 29.3 Å². The van der Waals surface area contributed by atoms with Crippen molar-refractivity contribution < 1.29 is 4.42 Å². The number of benzene rings is 8. The highest BCUT2D eigenvalue weighted by Gasteiger charge is 2.18. The van der Waals surface area contributed by atoms with Crippen molar-refractivity contribution in [2.75, 3.05) is 4.90 Å². The van der Waals surface area contributed by atoms with Gasteiger partial charge in [-0.15, -0.1) is 11.3 Å². The Labute approximate surface area is 286 Å². The molecule has 0 aliphatic heterocycles. The standard InChI is InChI=1S/C45H28N2OS/c1-3-11-30(12-4-1)45-46-40-28-27-35-34-17-10-19-41(36(34)25-26-39(35)44(40)49-45)47(31-13-5-2-6-14-31)32-23-21-29(22-24-32)33-16-9-18-38-37-15-7-8-20-42(37)48-43(33)38/h1-28H. The third kappa shape index (κ3) is 4.53. The van der Waals surface area contributed by atoms with E-state index >= 15 is 0 Å². The van der Waals surface area contributed by atoms with Crippen molar-refractivity contribution in [3.05, 3.63) is 170 Å². The molecule has 0 amide bonds. The first kappa shape index (κ1) is 27.8. The molecule has 2 aromatic heterocycles. The zero-order chi connectivity index (χ0) is 32.3. The molecular weight excluding hydrogens is 617 g/mol. The van der Waals surface area contributed by atoms with Crippen LogP contribution in [0, 0.1) is 0 Å². The van der Waals surface area contributed by atoms with Crippen LogP contribution in [0.5, 0.6) is 0 Å². The Kier molecular flexibility index (Phi) is 6.36. The minimum atomic E-state index is 0.910. The minimum absolute atomic E-state index is 0.910. The number of thiazole rings is 1. The molecule has 10 rings (SSSR count). The summed E-state index contributed by atoms with van der Waals surface area (Å²) in [6.45, 7) is 0. The summed E-state index contributed by atoms with van der Waals surface area (Å²) in [5, 5.41) is 8.21. The van der Waals surface area contributed by atoms with Gasteiger partial charge in [0.1, 0.15) is 16.2 Å². The number of rotatable bonds is 5. The van der Waals surface area contributed by atoms with Gasteiger partial charge < -0.3 is 9.32 Å². The fourth-order valence-corrected chi connectivity index (χ4v) is 8.31. The van der Waals surface area contributed by atoms with Gasteiger partial charge in [-0.1, -0.05) is 127 Å². The predicted molar refractivity (Wildman–Crippen MR) is 207 cm³/mol. The first-order valence-corrected chi connectivity index (χ1v) is 17.3. The summed E-state index contributed by atoms with van der Waals surface area (Å²) in [6.07, 6.45) is 0. The molecule has 0 fully saturated rings. The molecule has 0 spiro atoms. The van der Waals surface area contributed by atoms with Crippen LogP contribution < -0.4 is 4.90 Å². The molecule has 8 aromatic carbocycles. The number of hydrogen-bond donors (Lipinski definition) is 0.